The van der Waals surface area contributed by atoms with Gasteiger partial charge in [-0.25, -0.2) is 0 Å². The Labute approximate surface area is 167 Å². The van der Waals surface area contributed by atoms with E-state index in [9.17, 15) is 4.79 Å². The zero-order chi connectivity index (χ0) is 20.1. The van der Waals surface area contributed by atoms with Gasteiger partial charge in [-0.3, -0.25) is 9.78 Å². The van der Waals surface area contributed by atoms with Crippen LogP contribution < -0.4 is 10.6 Å². The molecule has 1 amide bonds. The summed E-state index contributed by atoms with van der Waals surface area (Å²) in [5.74, 6) is -0.164. The summed E-state index contributed by atoms with van der Waals surface area (Å²) in [6.07, 6.45) is 3.32. The van der Waals surface area contributed by atoms with Crippen molar-refractivity contribution < 1.29 is 4.79 Å². The Kier molecular flexibility index (Phi) is 5.78. The number of para-hydroxylation sites is 1. The molecule has 0 unspecified atom stereocenters. The third-order valence-corrected chi connectivity index (χ3v) is 4.60. The second-order valence-electron chi connectivity index (χ2n) is 8.05. The monoisotopic (exact) mass is 373 g/mol. The van der Waals surface area contributed by atoms with Gasteiger partial charge in [0, 0.05) is 24.6 Å². The molecule has 0 bridgehead atoms. The van der Waals surface area contributed by atoms with Gasteiger partial charge in [0.05, 0.1) is 11.3 Å². The molecule has 144 valence electrons. The maximum Gasteiger partial charge on any atom is 0.257 e. The van der Waals surface area contributed by atoms with E-state index in [0.29, 0.717) is 12.1 Å². The van der Waals surface area contributed by atoms with Gasteiger partial charge < -0.3 is 10.6 Å². The van der Waals surface area contributed by atoms with Crippen LogP contribution in [0.2, 0.25) is 0 Å². The quantitative estimate of drug-likeness (QED) is 0.616. The van der Waals surface area contributed by atoms with Gasteiger partial charge in [-0.05, 0) is 35.6 Å². The molecule has 3 aromatic rings. The van der Waals surface area contributed by atoms with Crippen LogP contribution in [0.4, 0.5) is 11.4 Å². The number of carbonyl (C=O) groups is 1. The van der Waals surface area contributed by atoms with Crippen molar-refractivity contribution in [3.05, 3.63) is 89.2 Å². The predicted molar refractivity (Wildman–Crippen MR) is 116 cm³/mol. The summed E-state index contributed by atoms with van der Waals surface area (Å²) in [5, 5.41) is 6.37. The van der Waals surface area contributed by atoms with E-state index < -0.39 is 0 Å². The average molecular weight is 374 g/mol. The maximum absolute atomic E-state index is 12.8. The lowest BCUT2D eigenvalue weighted by Gasteiger charge is -2.23. The number of carbonyl (C=O) groups excluding carboxylic acids is 1. The fourth-order valence-corrected chi connectivity index (χ4v) is 3.01. The first-order valence-electron chi connectivity index (χ1n) is 9.48. The van der Waals surface area contributed by atoms with Crippen LogP contribution in [0.1, 0.15) is 47.8 Å². The Morgan fingerprint density at radius 3 is 2.43 bits per heavy atom. The molecule has 0 aliphatic carbocycles. The van der Waals surface area contributed by atoms with Gasteiger partial charge in [-0.1, -0.05) is 68.8 Å². The van der Waals surface area contributed by atoms with Crippen LogP contribution in [-0.2, 0) is 12.0 Å². The standard InChI is InChI=1S/C24H27N3O/c1-17-9-11-18(12-10-17)14-26-20-13-19(15-25-16-20)23(28)27-22-8-6-5-7-21(22)24(2,3)4/h5-13,15-16,26H,14H2,1-4H3,(H,27,28). The van der Waals surface area contributed by atoms with Crippen molar-refractivity contribution >= 4 is 17.3 Å². The van der Waals surface area contributed by atoms with E-state index >= 15 is 0 Å². The summed E-state index contributed by atoms with van der Waals surface area (Å²) in [6.45, 7) is 9.15. The van der Waals surface area contributed by atoms with Gasteiger partial charge in [-0.2, -0.15) is 0 Å². The van der Waals surface area contributed by atoms with E-state index in [0.717, 1.165) is 16.9 Å². The molecule has 0 fully saturated rings. The minimum atomic E-state index is -0.164. The van der Waals surface area contributed by atoms with Gasteiger partial charge in [0.2, 0.25) is 0 Å². The highest BCUT2D eigenvalue weighted by molar-refractivity contribution is 6.05. The molecule has 1 aromatic heterocycles. The van der Waals surface area contributed by atoms with Crippen LogP contribution in [-0.4, -0.2) is 10.9 Å². The first-order valence-corrected chi connectivity index (χ1v) is 9.48. The molecule has 4 heteroatoms. The van der Waals surface area contributed by atoms with Gasteiger partial charge in [0.1, 0.15) is 0 Å². The molecule has 0 atom stereocenters. The molecular weight excluding hydrogens is 346 g/mol. The number of hydrogen-bond donors (Lipinski definition) is 2. The highest BCUT2D eigenvalue weighted by atomic mass is 16.1. The minimum absolute atomic E-state index is 0.0560. The molecular formula is C24H27N3O. The Balaban J connectivity index is 1.72. The van der Waals surface area contributed by atoms with E-state index in [1.54, 1.807) is 12.4 Å². The Morgan fingerprint density at radius 1 is 1.00 bits per heavy atom. The first-order chi connectivity index (χ1) is 13.3. The second kappa shape index (κ2) is 8.26. The highest BCUT2D eigenvalue weighted by Gasteiger charge is 2.19. The molecule has 0 aliphatic heterocycles. The average Bonchev–Trinajstić information content (AvgIpc) is 2.67. The zero-order valence-corrected chi connectivity index (χ0v) is 16.9. The number of nitrogens with one attached hydrogen (secondary N) is 2. The van der Waals surface area contributed by atoms with Crippen molar-refractivity contribution in [3.63, 3.8) is 0 Å². The Hall–Kier alpha value is -3.14. The van der Waals surface area contributed by atoms with Crippen molar-refractivity contribution in [2.24, 2.45) is 0 Å². The molecule has 0 radical (unpaired) electrons. The van der Waals surface area contributed by atoms with Crippen molar-refractivity contribution in [1.82, 2.24) is 4.98 Å². The smallest absolute Gasteiger partial charge is 0.257 e. The van der Waals surface area contributed by atoms with Crippen LogP contribution in [0.25, 0.3) is 0 Å². The predicted octanol–water partition coefficient (Wildman–Crippen LogP) is 5.55. The number of aryl methyl sites for hydroxylation is 1. The summed E-state index contributed by atoms with van der Waals surface area (Å²) >= 11 is 0. The Bertz CT molecular complexity index is 956. The third kappa shape index (κ3) is 4.97. The number of amides is 1. The van der Waals surface area contributed by atoms with Gasteiger partial charge in [-0.15, -0.1) is 0 Å². The molecule has 1 heterocycles. The maximum atomic E-state index is 12.8. The number of pyridine rings is 1. The van der Waals surface area contributed by atoms with E-state index in [1.807, 2.05) is 30.3 Å². The van der Waals surface area contributed by atoms with Crippen LogP contribution in [0.5, 0.6) is 0 Å². The molecule has 0 spiro atoms. The van der Waals surface area contributed by atoms with Crippen LogP contribution in [0.15, 0.2) is 67.0 Å². The summed E-state index contributed by atoms with van der Waals surface area (Å²) < 4.78 is 0. The van der Waals surface area contributed by atoms with E-state index in [1.165, 1.54) is 11.1 Å². The summed E-state index contributed by atoms with van der Waals surface area (Å²) in [4.78, 5) is 17.0. The molecule has 0 saturated carbocycles. The molecule has 0 aliphatic rings. The summed E-state index contributed by atoms with van der Waals surface area (Å²) in [5.41, 5.74) is 5.64. The molecule has 0 saturated heterocycles. The van der Waals surface area contributed by atoms with Crippen molar-refractivity contribution in [2.45, 2.75) is 39.7 Å². The summed E-state index contributed by atoms with van der Waals surface area (Å²) in [6, 6.07) is 18.1. The third-order valence-electron chi connectivity index (χ3n) is 4.60. The highest BCUT2D eigenvalue weighted by Crippen LogP contribution is 2.29. The lowest BCUT2D eigenvalue weighted by molar-refractivity contribution is 0.102. The van der Waals surface area contributed by atoms with Gasteiger partial charge >= 0.3 is 0 Å². The van der Waals surface area contributed by atoms with Crippen molar-refractivity contribution in [3.8, 4) is 0 Å². The normalized spacial score (nSPS) is 11.1. The fraction of sp³-hybridized carbons (Fsp3) is 0.250. The Morgan fingerprint density at radius 2 is 1.71 bits per heavy atom. The second-order valence-corrected chi connectivity index (χ2v) is 8.05. The number of rotatable bonds is 5. The number of aromatic nitrogens is 1. The van der Waals surface area contributed by atoms with E-state index in [2.05, 4.69) is 67.6 Å². The lowest BCUT2D eigenvalue weighted by atomic mass is 9.86. The molecule has 2 N–H and O–H groups in total. The zero-order valence-electron chi connectivity index (χ0n) is 16.9. The van der Waals surface area contributed by atoms with Crippen LogP contribution in [0, 0.1) is 6.92 Å². The minimum Gasteiger partial charge on any atom is -0.380 e. The SMILES string of the molecule is Cc1ccc(CNc2cncc(C(=O)Nc3ccccc3C(C)(C)C)c2)cc1. The lowest BCUT2D eigenvalue weighted by Crippen LogP contribution is -2.19. The molecule has 4 nitrogen and oxygen atoms in total. The molecule has 3 rings (SSSR count). The number of anilines is 2. The molecule has 2 aromatic carbocycles. The van der Waals surface area contributed by atoms with E-state index in [4.69, 9.17) is 0 Å². The first kappa shape index (κ1) is 19.6. The number of benzene rings is 2. The van der Waals surface area contributed by atoms with Gasteiger partial charge in [0.15, 0.2) is 0 Å². The van der Waals surface area contributed by atoms with Crippen molar-refractivity contribution in [1.29, 1.82) is 0 Å². The summed E-state index contributed by atoms with van der Waals surface area (Å²) in [7, 11) is 0. The van der Waals surface area contributed by atoms with Crippen molar-refractivity contribution in [2.75, 3.05) is 10.6 Å². The molecule has 28 heavy (non-hydrogen) atoms. The van der Waals surface area contributed by atoms with Gasteiger partial charge in [0.25, 0.3) is 5.91 Å². The van der Waals surface area contributed by atoms with Crippen LogP contribution in [0.3, 0.4) is 0 Å². The largest absolute Gasteiger partial charge is 0.380 e. The topological polar surface area (TPSA) is 54.0 Å². The number of hydrogen-bond acceptors (Lipinski definition) is 3. The number of nitrogens with zero attached hydrogens (tertiary/aromatic N) is 1. The van der Waals surface area contributed by atoms with Crippen LogP contribution >= 0.6 is 0 Å². The fourth-order valence-electron chi connectivity index (χ4n) is 3.01. The van der Waals surface area contributed by atoms with E-state index in [-0.39, 0.29) is 11.3 Å².